The lowest BCUT2D eigenvalue weighted by atomic mass is 9.81. The highest BCUT2D eigenvalue weighted by molar-refractivity contribution is 6.16. The molecule has 1 aliphatic carbocycles. The summed E-state index contributed by atoms with van der Waals surface area (Å²) in [6.07, 6.45) is 0. The fourth-order valence-electron chi connectivity index (χ4n) is 6.64. The quantitative estimate of drug-likeness (QED) is 0.246. The van der Waals surface area contributed by atoms with Crippen molar-refractivity contribution in [1.29, 1.82) is 0 Å². The molecule has 2 heteroatoms. The summed E-state index contributed by atoms with van der Waals surface area (Å²) >= 11 is 0. The molecule has 0 atom stereocenters. The third-order valence-corrected chi connectivity index (χ3v) is 8.70. The van der Waals surface area contributed by atoms with Gasteiger partial charge in [0.25, 0.3) is 0 Å². The van der Waals surface area contributed by atoms with Gasteiger partial charge in [-0.2, -0.15) is 0 Å². The number of para-hydroxylation sites is 2. The van der Waals surface area contributed by atoms with Gasteiger partial charge in [-0.1, -0.05) is 117 Å². The van der Waals surface area contributed by atoms with Crippen molar-refractivity contribution in [3.05, 3.63) is 145 Å². The number of fused-ring (bicyclic) bond motifs is 6. The van der Waals surface area contributed by atoms with E-state index in [9.17, 15) is 0 Å². The molecule has 2 nitrogen and oxygen atoms in total. The first kappa shape index (κ1) is 23.8. The lowest BCUT2D eigenvalue weighted by Gasteiger charge is -2.22. The first-order valence-corrected chi connectivity index (χ1v) is 14.2. The summed E-state index contributed by atoms with van der Waals surface area (Å²) in [5, 5.41) is 6.02. The smallest absolute Gasteiger partial charge is 0.145 e. The molecule has 1 heterocycles. The van der Waals surface area contributed by atoms with E-state index in [1.54, 1.807) is 0 Å². The van der Waals surface area contributed by atoms with Gasteiger partial charge in [-0.3, -0.25) is 0 Å². The Morgan fingerprint density at radius 3 is 2.07 bits per heavy atom. The fourth-order valence-corrected chi connectivity index (χ4v) is 6.64. The molecule has 0 fully saturated rings. The van der Waals surface area contributed by atoms with Crippen LogP contribution >= 0.6 is 0 Å². The van der Waals surface area contributed by atoms with Gasteiger partial charge >= 0.3 is 0 Å². The molecule has 0 unspecified atom stereocenters. The number of benzene rings is 6. The summed E-state index contributed by atoms with van der Waals surface area (Å²) in [4.78, 5) is 0. The molecule has 8 rings (SSSR count). The predicted octanol–water partition coefficient (Wildman–Crippen LogP) is 11.0. The Bertz CT molecular complexity index is 2100. The Morgan fingerprint density at radius 2 is 1.20 bits per heavy atom. The second-order valence-electron chi connectivity index (χ2n) is 11.4. The zero-order valence-electron chi connectivity index (χ0n) is 23.1. The number of nitrogens with one attached hydrogen (secondary N) is 1. The first-order chi connectivity index (χ1) is 20.1. The highest BCUT2D eigenvalue weighted by Gasteiger charge is 2.35. The summed E-state index contributed by atoms with van der Waals surface area (Å²) < 4.78 is 6.50. The molecule has 0 saturated carbocycles. The maximum atomic E-state index is 6.50. The molecule has 1 aromatic heterocycles. The molecular weight excluding hydrogens is 498 g/mol. The van der Waals surface area contributed by atoms with E-state index < -0.39 is 0 Å². The van der Waals surface area contributed by atoms with Crippen molar-refractivity contribution in [2.24, 2.45) is 0 Å². The van der Waals surface area contributed by atoms with Crippen LogP contribution in [0.4, 0.5) is 11.4 Å². The van der Waals surface area contributed by atoms with E-state index in [4.69, 9.17) is 4.42 Å². The van der Waals surface area contributed by atoms with E-state index >= 15 is 0 Å². The minimum atomic E-state index is -0.0422. The van der Waals surface area contributed by atoms with Crippen LogP contribution in [0.3, 0.4) is 0 Å². The molecule has 1 N–H and O–H groups in total. The third kappa shape index (κ3) is 3.64. The molecule has 0 amide bonds. The van der Waals surface area contributed by atoms with Gasteiger partial charge in [-0.25, -0.2) is 0 Å². The van der Waals surface area contributed by atoms with Gasteiger partial charge in [0, 0.05) is 27.6 Å². The Hall–Kier alpha value is -5.08. The van der Waals surface area contributed by atoms with Crippen LogP contribution in [-0.2, 0) is 5.41 Å². The summed E-state index contributed by atoms with van der Waals surface area (Å²) in [5.74, 6) is 0. The minimum Gasteiger partial charge on any atom is -0.455 e. The molecule has 41 heavy (non-hydrogen) atoms. The first-order valence-electron chi connectivity index (χ1n) is 14.2. The Labute approximate surface area is 239 Å². The van der Waals surface area contributed by atoms with Crippen LogP contribution in [0.5, 0.6) is 0 Å². The number of anilines is 2. The second-order valence-corrected chi connectivity index (χ2v) is 11.4. The van der Waals surface area contributed by atoms with E-state index in [0.717, 1.165) is 44.4 Å². The highest BCUT2D eigenvalue weighted by Crippen LogP contribution is 2.50. The van der Waals surface area contributed by atoms with Gasteiger partial charge in [-0.15, -0.1) is 0 Å². The largest absolute Gasteiger partial charge is 0.455 e. The van der Waals surface area contributed by atoms with Crippen LogP contribution in [0.2, 0.25) is 0 Å². The third-order valence-electron chi connectivity index (χ3n) is 8.70. The zero-order valence-corrected chi connectivity index (χ0v) is 23.1. The van der Waals surface area contributed by atoms with E-state index in [2.05, 4.69) is 134 Å². The molecular formula is C39H29NO. The van der Waals surface area contributed by atoms with Crippen molar-refractivity contribution in [2.45, 2.75) is 19.3 Å². The van der Waals surface area contributed by atoms with Crippen molar-refractivity contribution in [3.8, 4) is 33.4 Å². The van der Waals surface area contributed by atoms with Crippen molar-refractivity contribution < 1.29 is 4.42 Å². The standard InChI is InChI=1S/C39H29NO/c1-39(2)32-17-9-6-15-29(32)30-21-20-26(24-33(30)39)27-14-7-10-18-34(27)40-35-23-22-28(25-12-4-3-5-13-25)38-37(35)31-16-8-11-19-36(31)41-38/h3-24,40H,1-2H3. The number of rotatable bonds is 4. The van der Waals surface area contributed by atoms with Gasteiger partial charge < -0.3 is 9.73 Å². The van der Waals surface area contributed by atoms with Gasteiger partial charge in [0.1, 0.15) is 11.2 Å². The normalized spacial score (nSPS) is 13.3. The van der Waals surface area contributed by atoms with E-state index in [0.29, 0.717) is 0 Å². The fraction of sp³-hybridized carbons (Fsp3) is 0.0769. The molecule has 0 radical (unpaired) electrons. The van der Waals surface area contributed by atoms with Crippen LogP contribution < -0.4 is 5.32 Å². The molecule has 6 aromatic carbocycles. The van der Waals surface area contributed by atoms with Gasteiger partial charge in [0.05, 0.1) is 11.1 Å². The lowest BCUT2D eigenvalue weighted by molar-refractivity contribution is 0.660. The Morgan fingerprint density at radius 1 is 0.512 bits per heavy atom. The van der Waals surface area contributed by atoms with Gasteiger partial charge in [0.2, 0.25) is 0 Å². The SMILES string of the molecule is CC1(C)c2ccccc2-c2ccc(-c3ccccc3Nc3ccc(-c4ccccc4)c4oc5ccccc5c34)cc21. The molecule has 0 saturated heterocycles. The van der Waals surface area contributed by atoms with Gasteiger partial charge in [-0.05, 0) is 63.7 Å². The Balaban J connectivity index is 1.27. The monoisotopic (exact) mass is 527 g/mol. The zero-order chi connectivity index (χ0) is 27.6. The van der Waals surface area contributed by atoms with Crippen LogP contribution in [0.1, 0.15) is 25.0 Å². The highest BCUT2D eigenvalue weighted by atomic mass is 16.3. The molecule has 0 spiro atoms. The molecule has 1 aliphatic rings. The van der Waals surface area contributed by atoms with Crippen LogP contribution in [-0.4, -0.2) is 0 Å². The summed E-state index contributed by atoms with van der Waals surface area (Å²) in [5.41, 5.74) is 13.9. The van der Waals surface area contributed by atoms with E-state index in [1.807, 2.05) is 18.2 Å². The average molecular weight is 528 g/mol. The summed E-state index contributed by atoms with van der Waals surface area (Å²) in [6, 6.07) is 47.5. The lowest BCUT2D eigenvalue weighted by Crippen LogP contribution is -2.14. The van der Waals surface area contributed by atoms with E-state index in [-0.39, 0.29) is 5.41 Å². The predicted molar refractivity (Wildman–Crippen MR) is 172 cm³/mol. The molecule has 196 valence electrons. The maximum absolute atomic E-state index is 6.50. The van der Waals surface area contributed by atoms with Crippen LogP contribution in [0, 0.1) is 0 Å². The van der Waals surface area contributed by atoms with Gasteiger partial charge in [0.15, 0.2) is 0 Å². The minimum absolute atomic E-state index is 0.0422. The van der Waals surface area contributed by atoms with Crippen molar-refractivity contribution in [1.82, 2.24) is 0 Å². The second kappa shape index (κ2) is 8.97. The molecule has 0 aliphatic heterocycles. The summed E-state index contributed by atoms with van der Waals surface area (Å²) in [6.45, 7) is 4.67. The van der Waals surface area contributed by atoms with Crippen molar-refractivity contribution in [3.63, 3.8) is 0 Å². The number of furan rings is 1. The number of hydrogen-bond acceptors (Lipinski definition) is 2. The maximum Gasteiger partial charge on any atom is 0.145 e. The molecule has 0 bridgehead atoms. The number of hydrogen-bond donors (Lipinski definition) is 1. The average Bonchev–Trinajstić information content (AvgIpc) is 3.51. The van der Waals surface area contributed by atoms with Crippen LogP contribution in [0.15, 0.2) is 138 Å². The summed E-state index contributed by atoms with van der Waals surface area (Å²) in [7, 11) is 0. The topological polar surface area (TPSA) is 25.2 Å². The molecule has 7 aromatic rings. The van der Waals surface area contributed by atoms with E-state index in [1.165, 1.54) is 33.4 Å². The van der Waals surface area contributed by atoms with Crippen molar-refractivity contribution >= 4 is 33.3 Å². The Kier molecular flexibility index (Phi) is 5.20. The van der Waals surface area contributed by atoms with Crippen LogP contribution in [0.25, 0.3) is 55.3 Å². The van der Waals surface area contributed by atoms with Crippen molar-refractivity contribution in [2.75, 3.05) is 5.32 Å².